The fourth-order valence-corrected chi connectivity index (χ4v) is 4.36. The second kappa shape index (κ2) is 8.23. The normalized spacial score (nSPS) is 16.7. The maximum atomic E-state index is 12.5. The minimum absolute atomic E-state index is 0.124. The lowest BCUT2D eigenvalue weighted by molar-refractivity contribution is 0.0153. The molecule has 2 heterocycles. The fraction of sp³-hybridized carbons (Fsp3) is 0.522. The van der Waals surface area contributed by atoms with E-state index in [1.165, 1.54) is 17.0 Å². The van der Waals surface area contributed by atoms with Crippen LogP contribution in [0.5, 0.6) is 0 Å². The first kappa shape index (κ1) is 22.0. The van der Waals surface area contributed by atoms with Crippen LogP contribution in [0, 0.1) is 13.8 Å². The van der Waals surface area contributed by atoms with E-state index in [4.69, 9.17) is 27.9 Å². The smallest absolute Gasteiger partial charge is 0.410 e. The number of ether oxygens (including phenoxy) is 1. The van der Waals surface area contributed by atoms with Gasteiger partial charge in [-0.15, -0.1) is 0 Å². The molecule has 1 amide bonds. The van der Waals surface area contributed by atoms with Crippen molar-refractivity contribution in [1.29, 1.82) is 0 Å². The highest BCUT2D eigenvalue weighted by molar-refractivity contribution is 6.42. The van der Waals surface area contributed by atoms with Crippen LogP contribution in [0.15, 0.2) is 30.3 Å². The van der Waals surface area contributed by atoms with Crippen molar-refractivity contribution in [1.82, 2.24) is 9.47 Å². The largest absolute Gasteiger partial charge is 0.444 e. The number of halogens is 2. The van der Waals surface area contributed by atoms with E-state index in [1.54, 1.807) is 0 Å². The first-order valence-corrected chi connectivity index (χ1v) is 10.8. The second-order valence-corrected chi connectivity index (χ2v) is 9.89. The van der Waals surface area contributed by atoms with Gasteiger partial charge in [0.25, 0.3) is 0 Å². The Morgan fingerprint density at radius 2 is 1.62 bits per heavy atom. The van der Waals surface area contributed by atoms with E-state index >= 15 is 0 Å². The van der Waals surface area contributed by atoms with Crippen LogP contribution in [0.2, 0.25) is 10.0 Å². The molecule has 3 rings (SSSR count). The molecule has 2 aromatic rings. The molecule has 0 saturated carbocycles. The van der Waals surface area contributed by atoms with Crippen LogP contribution in [0.3, 0.4) is 0 Å². The van der Waals surface area contributed by atoms with E-state index in [1.807, 2.05) is 37.8 Å². The van der Waals surface area contributed by atoms with Crippen LogP contribution in [0.25, 0.3) is 0 Å². The van der Waals surface area contributed by atoms with Gasteiger partial charge in [0.05, 0.1) is 10.0 Å². The molecule has 0 spiro atoms. The molecule has 6 heteroatoms. The zero-order valence-electron chi connectivity index (χ0n) is 17.9. The van der Waals surface area contributed by atoms with Gasteiger partial charge >= 0.3 is 6.09 Å². The maximum absolute atomic E-state index is 12.5. The number of aryl methyl sites for hydroxylation is 2. The Hall–Kier alpha value is -1.65. The van der Waals surface area contributed by atoms with Crippen LogP contribution in [-0.2, 0) is 16.7 Å². The van der Waals surface area contributed by atoms with Gasteiger partial charge in [-0.25, -0.2) is 4.79 Å². The molecule has 0 atom stereocenters. The third kappa shape index (κ3) is 4.92. The Labute approximate surface area is 183 Å². The van der Waals surface area contributed by atoms with Gasteiger partial charge in [0.2, 0.25) is 0 Å². The third-order valence-corrected chi connectivity index (χ3v) is 6.52. The van der Waals surface area contributed by atoms with E-state index < -0.39 is 5.60 Å². The second-order valence-electron chi connectivity index (χ2n) is 9.08. The summed E-state index contributed by atoms with van der Waals surface area (Å²) in [6.07, 6.45) is 1.43. The molecule has 0 N–H and O–H groups in total. The number of rotatable bonds is 3. The number of hydrogen-bond donors (Lipinski definition) is 0. The summed E-state index contributed by atoms with van der Waals surface area (Å²) < 4.78 is 7.93. The lowest BCUT2D eigenvalue weighted by atomic mass is 9.72. The molecule has 0 bridgehead atoms. The van der Waals surface area contributed by atoms with E-state index in [2.05, 4.69) is 36.6 Å². The van der Waals surface area contributed by atoms with E-state index in [9.17, 15) is 4.79 Å². The van der Waals surface area contributed by atoms with Gasteiger partial charge in [-0.2, -0.15) is 0 Å². The van der Waals surface area contributed by atoms with Crippen molar-refractivity contribution in [3.05, 3.63) is 57.3 Å². The van der Waals surface area contributed by atoms with Gasteiger partial charge in [0.1, 0.15) is 5.60 Å². The molecule has 158 valence electrons. The molecule has 1 aliphatic rings. The number of benzene rings is 1. The van der Waals surface area contributed by atoms with Crippen LogP contribution < -0.4 is 0 Å². The molecule has 1 aliphatic heterocycles. The van der Waals surface area contributed by atoms with Crippen molar-refractivity contribution in [2.45, 2.75) is 65.0 Å². The lowest BCUT2D eigenvalue weighted by Gasteiger charge is -2.43. The van der Waals surface area contributed by atoms with Crippen molar-refractivity contribution in [3.8, 4) is 0 Å². The summed E-state index contributed by atoms with van der Waals surface area (Å²) in [5, 5.41) is 1.13. The van der Waals surface area contributed by atoms with Crippen molar-refractivity contribution in [3.63, 3.8) is 0 Å². The summed E-state index contributed by atoms with van der Waals surface area (Å²) in [6.45, 7) is 12.1. The van der Waals surface area contributed by atoms with Gasteiger partial charge < -0.3 is 14.2 Å². The number of carbonyl (C=O) groups excluding carboxylic acids is 1. The van der Waals surface area contributed by atoms with Crippen molar-refractivity contribution >= 4 is 29.3 Å². The molecule has 0 unspecified atom stereocenters. The molecule has 1 fully saturated rings. The van der Waals surface area contributed by atoms with Crippen LogP contribution in [0.4, 0.5) is 4.79 Å². The first-order valence-electron chi connectivity index (χ1n) is 10.1. The number of carbonyl (C=O) groups is 1. The standard InChI is InChI=1S/C23H30Cl2N2O2/c1-16-6-7-17(2)27(16)15-23(18-8-9-19(24)20(25)14-18)10-12-26(13-11-23)21(28)29-22(3,4)5/h6-9,14H,10-13,15H2,1-5H3. The Morgan fingerprint density at radius 1 is 1.03 bits per heavy atom. The number of hydrogen-bond acceptors (Lipinski definition) is 2. The molecule has 0 radical (unpaired) electrons. The molecule has 1 aromatic heterocycles. The maximum Gasteiger partial charge on any atom is 0.410 e. The van der Waals surface area contributed by atoms with Crippen LogP contribution in [0.1, 0.15) is 50.6 Å². The third-order valence-electron chi connectivity index (χ3n) is 5.78. The van der Waals surface area contributed by atoms with Gasteiger partial charge in [-0.3, -0.25) is 0 Å². The highest BCUT2D eigenvalue weighted by Gasteiger charge is 2.39. The SMILES string of the molecule is Cc1ccc(C)n1CC1(c2ccc(Cl)c(Cl)c2)CCN(C(=O)OC(C)(C)C)CC1. The molecular formula is C23H30Cl2N2O2. The summed E-state index contributed by atoms with van der Waals surface area (Å²) in [5.41, 5.74) is 3.02. The minimum atomic E-state index is -0.491. The molecule has 1 aromatic carbocycles. The molecule has 0 aliphatic carbocycles. The van der Waals surface area contributed by atoms with Crippen molar-refractivity contribution < 1.29 is 9.53 Å². The summed E-state index contributed by atoms with van der Waals surface area (Å²) in [4.78, 5) is 14.4. The van der Waals surface area contributed by atoms with Crippen LogP contribution in [-0.4, -0.2) is 34.3 Å². The minimum Gasteiger partial charge on any atom is -0.444 e. The summed E-state index contributed by atoms with van der Waals surface area (Å²) in [5.74, 6) is 0. The quantitative estimate of drug-likeness (QED) is 0.558. The first-order chi connectivity index (χ1) is 13.5. The molecular weight excluding hydrogens is 407 g/mol. The Balaban J connectivity index is 1.89. The lowest BCUT2D eigenvalue weighted by Crippen LogP contribution is -2.48. The van der Waals surface area contributed by atoms with Crippen LogP contribution >= 0.6 is 23.2 Å². The van der Waals surface area contributed by atoms with Gasteiger partial charge in [0.15, 0.2) is 0 Å². The van der Waals surface area contributed by atoms with E-state index in [-0.39, 0.29) is 11.5 Å². The summed E-state index contributed by atoms with van der Waals surface area (Å²) in [6, 6.07) is 10.2. The highest BCUT2D eigenvalue weighted by Crippen LogP contribution is 2.40. The van der Waals surface area contributed by atoms with Crippen molar-refractivity contribution in [2.75, 3.05) is 13.1 Å². The number of nitrogens with zero attached hydrogens (tertiary/aromatic N) is 2. The number of aromatic nitrogens is 1. The number of likely N-dealkylation sites (tertiary alicyclic amines) is 1. The predicted octanol–water partition coefficient (Wildman–Crippen LogP) is 6.38. The number of piperidine rings is 1. The van der Waals surface area contributed by atoms with Gasteiger partial charge in [0, 0.05) is 36.4 Å². The van der Waals surface area contributed by atoms with Gasteiger partial charge in [-0.1, -0.05) is 29.3 Å². The van der Waals surface area contributed by atoms with E-state index in [0.29, 0.717) is 23.1 Å². The Bertz CT molecular complexity index is 871. The summed E-state index contributed by atoms with van der Waals surface area (Å²) in [7, 11) is 0. The predicted molar refractivity (Wildman–Crippen MR) is 119 cm³/mol. The summed E-state index contributed by atoms with van der Waals surface area (Å²) >= 11 is 12.5. The topological polar surface area (TPSA) is 34.5 Å². The fourth-order valence-electron chi connectivity index (χ4n) is 4.06. The highest BCUT2D eigenvalue weighted by atomic mass is 35.5. The number of amides is 1. The van der Waals surface area contributed by atoms with Crippen molar-refractivity contribution in [2.24, 2.45) is 0 Å². The average Bonchev–Trinajstić information content (AvgIpc) is 2.95. The monoisotopic (exact) mass is 436 g/mol. The molecule has 1 saturated heterocycles. The molecule has 4 nitrogen and oxygen atoms in total. The Morgan fingerprint density at radius 3 is 2.14 bits per heavy atom. The zero-order valence-corrected chi connectivity index (χ0v) is 19.4. The zero-order chi connectivity index (χ0) is 21.4. The van der Waals surface area contributed by atoms with Gasteiger partial charge in [-0.05, 0) is 77.3 Å². The molecule has 29 heavy (non-hydrogen) atoms. The average molecular weight is 437 g/mol. The van der Waals surface area contributed by atoms with E-state index in [0.717, 1.165) is 19.4 Å². The Kier molecular flexibility index (Phi) is 6.26.